The molecular weight excluding hydrogens is 320 g/mol. The Morgan fingerprint density at radius 3 is 2.56 bits per heavy atom. The number of pyridine rings is 1. The van der Waals surface area contributed by atoms with E-state index in [1.165, 1.54) is 26.5 Å². The second-order valence-corrected chi connectivity index (χ2v) is 5.29. The largest absolute Gasteiger partial charge is 0.504 e. The van der Waals surface area contributed by atoms with Gasteiger partial charge in [0.05, 0.1) is 25.5 Å². The summed E-state index contributed by atoms with van der Waals surface area (Å²) in [4.78, 5) is 4.30. The Morgan fingerprint density at radius 2 is 1.92 bits per heavy atom. The van der Waals surface area contributed by atoms with Crippen LogP contribution < -0.4 is 20.5 Å². The second-order valence-electron chi connectivity index (χ2n) is 5.29. The van der Waals surface area contributed by atoms with E-state index in [-0.39, 0.29) is 5.75 Å². The highest BCUT2D eigenvalue weighted by Gasteiger charge is 2.14. The van der Waals surface area contributed by atoms with Crippen LogP contribution in [0.2, 0.25) is 0 Å². The number of ether oxygens (including phenoxy) is 2. The van der Waals surface area contributed by atoms with Crippen molar-refractivity contribution in [1.82, 2.24) is 4.98 Å². The van der Waals surface area contributed by atoms with E-state index in [0.29, 0.717) is 45.0 Å². The van der Waals surface area contributed by atoms with Crippen LogP contribution in [0.25, 0.3) is 10.9 Å². The number of nitriles is 1. The smallest absolute Gasteiger partial charge is 0.160 e. The van der Waals surface area contributed by atoms with Crippen LogP contribution in [0.1, 0.15) is 5.56 Å². The highest BCUT2D eigenvalue weighted by molar-refractivity contribution is 6.00. The van der Waals surface area contributed by atoms with Crippen LogP contribution >= 0.6 is 0 Å². The SMILES string of the molecule is COc1ccc(Nc2c(C#N)cnc3c(OC)cc(N)cc23)cc1O. The fraction of sp³-hybridized carbons (Fsp3) is 0.111. The number of rotatable bonds is 4. The Labute approximate surface area is 144 Å². The molecule has 7 nitrogen and oxygen atoms in total. The highest BCUT2D eigenvalue weighted by atomic mass is 16.5. The van der Waals surface area contributed by atoms with Gasteiger partial charge in [-0.15, -0.1) is 0 Å². The number of benzene rings is 2. The molecule has 3 aromatic rings. The molecule has 0 saturated heterocycles. The van der Waals surface area contributed by atoms with Crippen LogP contribution in [0.5, 0.6) is 17.2 Å². The normalized spacial score (nSPS) is 10.3. The average molecular weight is 336 g/mol. The van der Waals surface area contributed by atoms with Gasteiger partial charge in [0, 0.05) is 35.1 Å². The van der Waals surface area contributed by atoms with E-state index in [1.807, 2.05) is 0 Å². The zero-order chi connectivity index (χ0) is 18.0. The third-order valence-electron chi connectivity index (χ3n) is 3.75. The van der Waals surface area contributed by atoms with Crippen LogP contribution in [0.15, 0.2) is 36.5 Å². The molecule has 0 amide bonds. The predicted octanol–water partition coefficient (Wildman–Crippen LogP) is 3.16. The van der Waals surface area contributed by atoms with Gasteiger partial charge in [0.2, 0.25) is 0 Å². The molecule has 1 aromatic heterocycles. The summed E-state index contributed by atoms with van der Waals surface area (Å²) in [6.07, 6.45) is 1.47. The number of methoxy groups -OCH3 is 2. The third kappa shape index (κ3) is 2.93. The van der Waals surface area contributed by atoms with Gasteiger partial charge in [0.1, 0.15) is 17.3 Å². The fourth-order valence-corrected chi connectivity index (χ4v) is 2.58. The minimum atomic E-state index is -0.0125. The number of nitrogens with one attached hydrogen (secondary N) is 1. The number of nitrogens with zero attached hydrogens (tertiary/aromatic N) is 2. The molecule has 3 rings (SSSR count). The van der Waals surface area contributed by atoms with Crippen LogP contribution in [0, 0.1) is 11.3 Å². The Balaban J connectivity index is 2.18. The summed E-state index contributed by atoms with van der Waals surface area (Å²) in [5.74, 6) is 0.859. The van der Waals surface area contributed by atoms with E-state index >= 15 is 0 Å². The van der Waals surface area contributed by atoms with Gasteiger partial charge < -0.3 is 25.6 Å². The lowest BCUT2D eigenvalue weighted by Gasteiger charge is -2.14. The van der Waals surface area contributed by atoms with Gasteiger partial charge in [0.15, 0.2) is 11.5 Å². The van der Waals surface area contributed by atoms with Crippen molar-refractivity contribution in [3.05, 3.63) is 42.1 Å². The average Bonchev–Trinajstić information content (AvgIpc) is 2.61. The zero-order valence-corrected chi connectivity index (χ0v) is 13.7. The van der Waals surface area contributed by atoms with Crippen molar-refractivity contribution >= 4 is 28.0 Å². The molecule has 0 aliphatic rings. The van der Waals surface area contributed by atoms with E-state index < -0.39 is 0 Å². The number of hydrogen-bond donors (Lipinski definition) is 3. The molecule has 0 spiro atoms. The minimum Gasteiger partial charge on any atom is -0.504 e. The quantitative estimate of drug-likeness (QED) is 0.627. The van der Waals surface area contributed by atoms with Gasteiger partial charge >= 0.3 is 0 Å². The maximum atomic E-state index is 9.95. The number of phenols is 1. The summed E-state index contributed by atoms with van der Waals surface area (Å²) in [5, 5.41) is 23.2. The second kappa shape index (κ2) is 6.45. The van der Waals surface area contributed by atoms with Crippen molar-refractivity contribution < 1.29 is 14.6 Å². The van der Waals surface area contributed by atoms with E-state index in [2.05, 4.69) is 16.4 Å². The van der Waals surface area contributed by atoms with E-state index in [9.17, 15) is 10.4 Å². The van der Waals surface area contributed by atoms with Crippen LogP contribution in [0.4, 0.5) is 17.1 Å². The zero-order valence-electron chi connectivity index (χ0n) is 13.7. The van der Waals surface area contributed by atoms with Crippen LogP contribution in [-0.4, -0.2) is 24.3 Å². The number of aromatic nitrogens is 1. The first kappa shape index (κ1) is 16.2. The lowest BCUT2D eigenvalue weighted by atomic mass is 10.1. The van der Waals surface area contributed by atoms with Crippen molar-refractivity contribution in [2.24, 2.45) is 0 Å². The Bertz CT molecular complexity index is 996. The number of hydrogen-bond acceptors (Lipinski definition) is 7. The maximum Gasteiger partial charge on any atom is 0.160 e. The van der Waals surface area contributed by atoms with Gasteiger partial charge in [-0.2, -0.15) is 5.26 Å². The first-order chi connectivity index (χ1) is 12.1. The Morgan fingerprint density at radius 1 is 1.16 bits per heavy atom. The Hall–Kier alpha value is -3.66. The number of phenolic OH excluding ortho intramolecular Hbond substituents is 1. The van der Waals surface area contributed by atoms with E-state index in [4.69, 9.17) is 15.2 Å². The number of nitrogen functional groups attached to an aromatic ring is 1. The summed E-state index contributed by atoms with van der Waals surface area (Å²) in [5.41, 5.74) is 8.47. The summed E-state index contributed by atoms with van der Waals surface area (Å²) in [7, 11) is 3.00. The molecule has 0 bridgehead atoms. The van der Waals surface area contributed by atoms with Crippen LogP contribution in [0.3, 0.4) is 0 Å². The van der Waals surface area contributed by atoms with Gasteiger partial charge in [-0.3, -0.25) is 4.98 Å². The number of nitrogens with two attached hydrogens (primary N) is 1. The van der Waals surface area contributed by atoms with Crippen molar-refractivity contribution in [2.75, 3.05) is 25.3 Å². The summed E-state index contributed by atoms with van der Waals surface area (Å²) in [6, 6.07) is 10.4. The third-order valence-corrected chi connectivity index (χ3v) is 3.75. The molecule has 0 aliphatic carbocycles. The van der Waals surface area contributed by atoms with Crippen molar-refractivity contribution in [3.8, 4) is 23.3 Å². The van der Waals surface area contributed by atoms with Crippen LogP contribution in [-0.2, 0) is 0 Å². The lowest BCUT2D eigenvalue weighted by Crippen LogP contribution is -1.99. The molecule has 126 valence electrons. The van der Waals surface area contributed by atoms with Crippen molar-refractivity contribution in [2.45, 2.75) is 0 Å². The molecule has 0 radical (unpaired) electrons. The van der Waals surface area contributed by atoms with E-state index in [0.717, 1.165) is 0 Å². The van der Waals surface area contributed by atoms with Gasteiger partial charge in [-0.05, 0) is 18.2 Å². The molecule has 4 N–H and O–H groups in total. The van der Waals surface area contributed by atoms with Gasteiger partial charge in [-0.25, -0.2) is 0 Å². The Kier molecular flexibility index (Phi) is 4.18. The fourth-order valence-electron chi connectivity index (χ4n) is 2.58. The summed E-state index contributed by atoms with van der Waals surface area (Å²) < 4.78 is 10.4. The molecule has 25 heavy (non-hydrogen) atoms. The van der Waals surface area contributed by atoms with Crippen molar-refractivity contribution in [3.63, 3.8) is 0 Å². The number of anilines is 3. The lowest BCUT2D eigenvalue weighted by molar-refractivity contribution is 0.373. The minimum absolute atomic E-state index is 0.0125. The molecule has 0 unspecified atom stereocenters. The standard InChI is InChI=1S/C18H16N4O3/c1-24-15-4-3-12(7-14(15)23)22-17-10(8-19)9-21-18-13(17)5-11(20)6-16(18)25-2/h3-7,9,23H,20H2,1-2H3,(H,21,22). The first-order valence-corrected chi connectivity index (χ1v) is 7.37. The predicted molar refractivity (Wildman–Crippen MR) is 95.4 cm³/mol. The maximum absolute atomic E-state index is 9.95. The van der Waals surface area contributed by atoms with Gasteiger partial charge in [-0.1, -0.05) is 0 Å². The number of aromatic hydroxyl groups is 1. The van der Waals surface area contributed by atoms with E-state index in [1.54, 1.807) is 24.3 Å². The molecular formula is C18H16N4O3. The molecule has 2 aromatic carbocycles. The molecule has 0 fully saturated rings. The monoisotopic (exact) mass is 336 g/mol. The van der Waals surface area contributed by atoms with Gasteiger partial charge in [0.25, 0.3) is 0 Å². The molecule has 7 heteroatoms. The first-order valence-electron chi connectivity index (χ1n) is 7.37. The summed E-state index contributed by atoms with van der Waals surface area (Å²) in [6.45, 7) is 0. The molecule has 0 saturated carbocycles. The number of fused-ring (bicyclic) bond motifs is 1. The molecule has 1 heterocycles. The molecule has 0 aliphatic heterocycles. The molecule has 0 atom stereocenters. The summed E-state index contributed by atoms with van der Waals surface area (Å²) >= 11 is 0. The van der Waals surface area contributed by atoms with Crippen molar-refractivity contribution in [1.29, 1.82) is 5.26 Å². The topological polar surface area (TPSA) is 113 Å². The highest BCUT2D eigenvalue weighted by Crippen LogP contribution is 2.36.